The van der Waals surface area contributed by atoms with Crippen molar-refractivity contribution >= 4 is 0 Å². The Bertz CT molecular complexity index is 458. The highest BCUT2D eigenvalue weighted by molar-refractivity contribution is 5.33. The molecule has 0 fully saturated rings. The van der Waals surface area contributed by atoms with Crippen molar-refractivity contribution in [3.8, 4) is 0 Å². The third kappa shape index (κ3) is 2.60. The summed E-state index contributed by atoms with van der Waals surface area (Å²) in [5.74, 6) is 0.664. The van der Waals surface area contributed by atoms with Crippen molar-refractivity contribution in [1.29, 1.82) is 0 Å². The number of hydrogen-bond acceptors (Lipinski definition) is 1. The summed E-state index contributed by atoms with van der Waals surface area (Å²) in [4.78, 5) is 0. The van der Waals surface area contributed by atoms with Gasteiger partial charge in [0.25, 0.3) is 0 Å². The SMILES string of the molecule is CCC(C)C(C)n1c(C)cc2c1CC(C)(C)CC2O. The minimum atomic E-state index is -0.289. The first-order chi connectivity index (χ1) is 8.76. The Morgan fingerprint density at radius 3 is 2.63 bits per heavy atom. The van der Waals surface area contributed by atoms with Crippen LogP contribution < -0.4 is 0 Å². The second kappa shape index (κ2) is 4.97. The molecule has 1 aromatic heterocycles. The van der Waals surface area contributed by atoms with Gasteiger partial charge in [-0.1, -0.05) is 34.1 Å². The normalized spacial score (nSPS) is 24.9. The Balaban J connectivity index is 2.47. The molecule has 1 N–H and O–H groups in total. The van der Waals surface area contributed by atoms with E-state index in [2.05, 4.69) is 52.2 Å². The fraction of sp³-hybridized carbons (Fsp3) is 0.765. The smallest absolute Gasteiger partial charge is 0.0812 e. The van der Waals surface area contributed by atoms with E-state index in [4.69, 9.17) is 0 Å². The quantitative estimate of drug-likeness (QED) is 0.858. The highest BCUT2D eigenvalue weighted by Gasteiger charge is 2.35. The van der Waals surface area contributed by atoms with Crippen LogP contribution in [0.5, 0.6) is 0 Å². The van der Waals surface area contributed by atoms with E-state index in [0.717, 1.165) is 12.8 Å². The highest BCUT2D eigenvalue weighted by atomic mass is 16.3. The van der Waals surface area contributed by atoms with Gasteiger partial charge < -0.3 is 9.67 Å². The second-order valence-electron chi connectivity index (χ2n) is 7.24. The number of aliphatic hydroxyl groups is 1. The summed E-state index contributed by atoms with van der Waals surface area (Å²) in [6.07, 6.45) is 2.86. The third-order valence-electron chi connectivity index (χ3n) is 4.99. The minimum Gasteiger partial charge on any atom is -0.388 e. The molecule has 0 bridgehead atoms. The summed E-state index contributed by atoms with van der Waals surface area (Å²) in [7, 11) is 0. The molecule has 0 saturated carbocycles. The van der Waals surface area contributed by atoms with Crippen molar-refractivity contribution < 1.29 is 5.11 Å². The van der Waals surface area contributed by atoms with E-state index >= 15 is 0 Å². The number of rotatable bonds is 3. The van der Waals surface area contributed by atoms with Gasteiger partial charge in [-0.15, -0.1) is 0 Å². The van der Waals surface area contributed by atoms with E-state index in [1.54, 1.807) is 0 Å². The summed E-state index contributed by atoms with van der Waals surface area (Å²) in [5.41, 5.74) is 4.04. The molecule has 2 nitrogen and oxygen atoms in total. The Labute approximate surface area is 117 Å². The van der Waals surface area contributed by atoms with Gasteiger partial charge in [-0.2, -0.15) is 0 Å². The fourth-order valence-corrected chi connectivity index (χ4v) is 3.53. The van der Waals surface area contributed by atoms with E-state index in [-0.39, 0.29) is 11.5 Å². The molecule has 0 spiro atoms. The van der Waals surface area contributed by atoms with E-state index in [9.17, 15) is 5.11 Å². The lowest BCUT2D eigenvalue weighted by Crippen LogP contribution is -2.28. The molecule has 0 radical (unpaired) electrons. The van der Waals surface area contributed by atoms with Crippen LogP contribution >= 0.6 is 0 Å². The lowest BCUT2D eigenvalue weighted by atomic mass is 9.75. The van der Waals surface area contributed by atoms with E-state index in [1.165, 1.54) is 23.4 Å². The number of fused-ring (bicyclic) bond motifs is 1. The number of aryl methyl sites for hydroxylation is 1. The second-order valence-corrected chi connectivity index (χ2v) is 7.24. The fourth-order valence-electron chi connectivity index (χ4n) is 3.53. The molecule has 19 heavy (non-hydrogen) atoms. The monoisotopic (exact) mass is 263 g/mol. The van der Waals surface area contributed by atoms with Crippen LogP contribution in [-0.2, 0) is 6.42 Å². The maximum atomic E-state index is 10.4. The van der Waals surface area contributed by atoms with Gasteiger partial charge in [0.05, 0.1) is 6.10 Å². The summed E-state index contributed by atoms with van der Waals surface area (Å²) < 4.78 is 2.48. The van der Waals surface area contributed by atoms with Gasteiger partial charge in [-0.05, 0) is 44.1 Å². The molecule has 0 amide bonds. The first-order valence-electron chi connectivity index (χ1n) is 7.65. The van der Waals surface area contributed by atoms with E-state index in [1.807, 2.05) is 0 Å². The standard InChI is InChI=1S/C17H29NO/c1-7-11(2)13(4)18-12(3)8-14-15(18)9-17(5,6)10-16(14)19/h8,11,13,16,19H,7,9-10H2,1-6H3. The predicted octanol–water partition coefficient (Wildman–Crippen LogP) is 4.41. The molecule has 3 atom stereocenters. The average molecular weight is 263 g/mol. The maximum Gasteiger partial charge on any atom is 0.0812 e. The molecule has 1 aliphatic carbocycles. The summed E-state index contributed by atoms with van der Waals surface area (Å²) in [6, 6.07) is 2.71. The number of hydrogen-bond donors (Lipinski definition) is 1. The highest BCUT2D eigenvalue weighted by Crippen LogP contribution is 2.43. The molecular formula is C17H29NO. The first-order valence-corrected chi connectivity index (χ1v) is 7.65. The van der Waals surface area contributed by atoms with Crippen molar-refractivity contribution in [2.45, 2.75) is 73.0 Å². The van der Waals surface area contributed by atoms with Gasteiger partial charge in [-0.25, -0.2) is 0 Å². The summed E-state index contributed by atoms with van der Waals surface area (Å²) >= 11 is 0. The molecule has 1 heterocycles. The lowest BCUT2D eigenvalue weighted by Gasteiger charge is -2.35. The van der Waals surface area contributed by atoms with Crippen LogP contribution in [0, 0.1) is 18.3 Å². The largest absolute Gasteiger partial charge is 0.388 e. The zero-order valence-corrected chi connectivity index (χ0v) is 13.3. The number of aliphatic hydroxyl groups excluding tert-OH is 1. The zero-order chi connectivity index (χ0) is 14.4. The molecule has 108 valence electrons. The van der Waals surface area contributed by atoms with Crippen molar-refractivity contribution in [2.24, 2.45) is 11.3 Å². The van der Waals surface area contributed by atoms with Crippen LogP contribution in [0.25, 0.3) is 0 Å². The van der Waals surface area contributed by atoms with E-state index in [0.29, 0.717) is 12.0 Å². The molecule has 0 aliphatic heterocycles. The number of aromatic nitrogens is 1. The molecule has 1 aliphatic rings. The summed E-state index contributed by atoms with van der Waals surface area (Å²) in [5, 5.41) is 10.4. The van der Waals surface area contributed by atoms with Crippen molar-refractivity contribution in [1.82, 2.24) is 4.57 Å². The van der Waals surface area contributed by atoms with E-state index < -0.39 is 0 Å². The third-order valence-corrected chi connectivity index (χ3v) is 4.99. The Morgan fingerprint density at radius 2 is 2.05 bits per heavy atom. The Morgan fingerprint density at radius 1 is 1.42 bits per heavy atom. The van der Waals surface area contributed by atoms with Crippen LogP contribution in [0.1, 0.15) is 76.6 Å². The van der Waals surface area contributed by atoms with Crippen LogP contribution in [-0.4, -0.2) is 9.67 Å². The van der Waals surface area contributed by atoms with Crippen LogP contribution in [0.3, 0.4) is 0 Å². The van der Waals surface area contributed by atoms with Gasteiger partial charge in [-0.3, -0.25) is 0 Å². The maximum absolute atomic E-state index is 10.4. The Hall–Kier alpha value is -0.760. The molecular weight excluding hydrogens is 234 g/mol. The predicted molar refractivity (Wildman–Crippen MR) is 80.4 cm³/mol. The molecule has 3 unspecified atom stereocenters. The minimum absolute atomic E-state index is 0.199. The van der Waals surface area contributed by atoms with Gasteiger partial charge in [0, 0.05) is 23.0 Å². The lowest BCUT2D eigenvalue weighted by molar-refractivity contribution is 0.0970. The zero-order valence-electron chi connectivity index (χ0n) is 13.3. The summed E-state index contributed by atoms with van der Waals surface area (Å²) in [6.45, 7) is 13.6. The number of nitrogens with zero attached hydrogens (tertiary/aromatic N) is 1. The molecule has 2 rings (SSSR count). The topological polar surface area (TPSA) is 25.2 Å². The van der Waals surface area contributed by atoms with Crippen LogP contribution in [0.4, 0.5) is 0 Å². The average Bonchev–Trinajstić information content (AvgIpc) is 2.62. The Kier molecular flexibility index (Phi) is 3.83. The van der Waals surface area contributed by atoms with Crippen molar-refractivity contribution in [2.75, 3.05) is 0 Å². The molecule has 1 aromatic rings. The van der Waals surface area contributed by atoms with Crippen molar-refractivity contribution in [3.05, 3.63) is 23.0 Å². The van der Waals surface area contributed by atoms with Gasteiger partial charge in [0.1, 0.15) is 0 Å². The van der Waals surface area contributed by atoms with Gasteiger partial charge in [0.2, 0.25) is 0 Å². The van der Waals surface area contributed by atoms with Crippen molar-refractivity contribution in [3.63, 3.8) is 0 Å². The van der Waals surface area contributed by atoms with Gasteiger partial charge in [0.15, 0.2) is 0 Å². The van der Waals surface area contributed by atoms with Crippen LogP contribution in [0.15, 0.2) is 6.07 Å². The molecule has 0 saturated heterocycles. The first kappa shape index (κ1) is 14.6. The van der Waals surface area contributed by atoms with Crippen LogP contribution in [0.2, 0.25) is 0 Å². The van der Waals surface area contributed by atoms with Gasteiger partial charge >= 0.3 is 0 Å². The molecule has 2 heteroatoms. The molecule has 0 aromatic carbocycles.